The van der Waals surface area contributed by atoms with Crippen molar-refractivity contribution in [3.8, 4) is 5.75 Å². The second-order valence-electron chi connectivity index (χ2n) is 8.63. The quantitative estimate of drug-likeness (QED) is 0.496. The Labute approximate surface area is 193 Å². The molecule has 1 saturated heterocycles. The molecule has 1 amide bonds. The molecule has 32 heavy (non-hydrogen) atoms. The molecule has 1 fully saturated rings. The van der Waals surface area contributed by atoms with Gasteiger partial charge in [-0.2, -0.15) is 0 Å². The summed E-state index contributed by atoms with van der Waals surface area (Å²) in [5.41, 5.74) is 3.87. The van der Waals surface area contributed by atoms with Gasteiger partial charge < -0.3 is 14.5 Å². The molecule has 0 unspecified atom stereocenters. The molecule has 3 heterocycles. The van der Waals surface area contributed by atoms with Gasteiger partial charge in [-0.3, -0.25) is 9.69 Å². The van der Waals surface area contributed by atoms with Gasteiger partial charge in [0.15, 0.2) is 5.76 Å². The Bertz CT molecular complexity index is 1070. The highest BCUT2D eigenvalue weighted by Crippen LogP contribution is 2.47. The molecule has 0 spiro atoms. The fourth-order valence-corrected chi connectivity index (χ4v) is 6.47. The predicted octanol–water partition coefficient (Wildman–Crippen LogP) is 6.06. The van der Waals surface area contributed by atoms with E-state index in [1.165, 1.54) is 53.7 Å². The van der Waals surface area contributed by atoms with Crippen molar-refractivity contribution < 1.29 is 13.9 Å². The molecule has 2 aromatic heterocycles. The Kier molecular flexibility index (Phi) is 6.32. The third-order valence-corrected chi connectivity index (χ3v) is 7.87. The summed E-state index contributed by atoms with van der Waals surface area (Å²) in [5.74, 6) is 1.06. The molecule has 168 valence electrons. The van der Waals surface area contributed by atoms with Crippen LogP contribution >= 0.6 is 11.3 Å². The van der Waals surface area contributed by atoms with Crippen molar-refractivity contribution in [1.29, 1.82) is 0 Å². The van der Waals surface area contributed by atoms with Gasteiger partial charge in [0.2, 0.25) is 0 Å². The fraction of sp³-hybridized carbons (Fsp3) is 0.423. The minimum Gasteiger partial charge on any atom is -0.496 e. The molecule has 5 nitrogen and oxygen atoms in total. The Hall–Kier alpha value is -2.57. The molecule has 0 saturated carbocycles. The molecule has 3 aromatic rings. The van der Waals surface area contributed by atoms with Crippen LogP contribution in [-0.2, 0) is 12.8 Å². The molecule has 1 aromatic carbocycles. The SMILES string of the molecule is COc1ccccc1[C@H](c1c(NC(=O)c2ccco2)sc2c1CCCC2)N1CCCCC1. The maximum Gasteiger partial charge on any atom is 0.291 e. The summed E-state index contributed by atoms with van der Waals surface area (Å²) < 4.78 is 11.2. The van der Waals surface area contributed by atoms with Crippen molar-refractivity contribution in [2.45, 2.75) is 51.0 Å². The van der Waals surface area contributed by atoms with Crippen LogP contribution in [0.2, 0.25) is 0 Å². The molecule has 5 rings (SSSR count). The van der Waals surface area contributed by atoms with Crippen molar-refractivity contribution in [3.05, 3.63) is 70.0 Å². The van der Waals surface area contributed by atoms with Crippen LogP contribution in [-0.4, -0.2) is 31.0 Å². The summed E-state index contributed by atoms with van der Waals surface area (Å²) >= 11 is 1.75. The molecular formula is C26H30N2O3S. The minimum absolute atomic E-state index is 0.0662. The number of para-hydroxylation sites is 1. The first kappa shape index (κ1) is 21.3. The van der Waals surface area contributed by atoms with Gasteiger partial charge in [-0.1, -0.05) is 24.6 Å². The summed E-state index contributed by atoms with van der Waals surface area (Å²) in [7, 11) is 1.74. The van der Waals surface area contributed by atoms with E-state index in [9.17, 15) is 4.79 Å². The Morgan fingerprint density at radius 2 is 1.88 bits per heavy atom. The number of hydrogen-bond donors (Lipinski definition) is 1. The summed E-state index contributed by atoms with van der Waals surface area (Å²) in [6, 6.07) is 11.9. The second-order valence-corrected chi connectivity index (χ2v) is 9.73. The van der Waals surface area contributed by atoms with Crippen molar-refractivity contribution in [2.24, 2.45) is 0 Å². The average Bonchev–Trinajstić information content (AvgIpc) is 3.49. The number of methoxy groups -OCH3 is 1. The van der Waals surface area contributed by atoms with Crippen molar-refractivity contribution in [1.82, 2.24) is 4.90 Å². The number of carbonyl (C=O) groups excluding carboxylic acids is 1. The van der Waals surface area contributed by atoms with Gasteiger partial charge in [-0.05, 0) is 75.4 Å². The number of rotatable bonds is 6. The molecule has 0 bridgehead atoms. The van der Waals surface area contributed by atoms with Gasteiger partial charge >= 0.3 is 0 Å². The lowest BCUT2D eigenvalue weighted by Crippen LogP contribution is -2.35. The Balaban J connectivity index is 1.64. The van der Waals surface area contributed by atoms with Gasteiger partial charge in [0, 0.05) is 16.0 Å². The van der Waals surface area contributed by atoms with Crippen LogP contribution < -0.4 is 10.1 Å². The van der Waals surface area contributed by atoms with E-state index < -0.39 is 0 Å². The fourth-order valence-electron chi connectivity index (χ4n) is 5.15. The van der Waals surface area contributed by atoms with Crippen LogP contribution in [0, 0.1) is 0 Å². The molecule has 6 heteroatoms. The van der Waals surface area contributed by atoms with E-state index in [0.29, 0.717) is 5.76 Å². The molecule has 2 aliphatic rings. The number of benzene rings is 1. The number of likely N-dealkylation sites (tertiary alicyclic amines) is 1. The molecular weight excluding hydrogens is 420 g/mol. The molecule has 1 N–H and O–H groups in total. The maximum atomic E-state index is 13.0. The number of carbonyl (C=O) groups is 1. The van der Waals surface area contributed by atoms with Crippen molar-refractivity contribution in [3.63, 3.8) is 0 Å². The van der Waals surface area contributed by atoms with Gasteiger partial charge in [-0.25, -0.2) is 0 Å². The second kappa shape index (κ2) is 9.51. The number of piperidine rings is 1. The zero-order valence-corrected chi connectivity index (χ0v) is 19.4. The zero-order chi connectivity index (χ0) is 21.9. The van der Waals surface area contributed by atoms with E-state index in [2.05, 4.69) is 22.3 Å². The normalized spacial score (nSPS) is 17.5. The zero-order valence-electron chi connectivity index (χ0n) is 18.6. The van der Waals surface area contributed by atoms with Gasteiger partial charge in [0.05, 0.1) is 19.4 Å². The topological polar surface area (TPSA) is 54.7 Å². The number of nitrogens with one attached hydrogen (secondary N) is 1. The Morgan fingerprint density at radius 1 is 1.06 bits per heavy atom. The molecule has 0 radical (unpaired) electrons. The maximum absolute atomic E-state index is 13.0. The third kappa shape index (κ3) is 4.09. The van der Waals surface area contributed by atoms with Crippen LogP contribution in [0.4, 0.5) is 5.00 Å². The van der Waals surface area contributed by atoms with Gasteiger partial charge in [0.1, 0.15) is 10.8 Å². The van der Waals surface area contributed by atoms with Crippen molar-refractivity contribution >= 4 is 22.2 Å². The van der Waals surface area contributed by atoms with Gasteiger partial charge in [0.25, 0.3) is 5.91 Å². The lowest BCUT2D eigenvalue weighted by atomic mass is 9.87. The number of hydrogen-bond acceptors (Lipinski definition) is 5. The number of thiophene rings is 1. The summed E-state index contributed by atoms with van der Waals surface area (Å²) in [6.07, 6.45) is 9.78. The number of fused-ring (bicyclic) bond motifs is 1. The lowest BCUT2D eigenvalue weighted by molar-refractivity contribution is 0.0996. The third-order valence-electron chi connectivity index (χ3n) is 6.65. The van der Waals surface area contributed by atoms with E-state index in [1.54, 1.807) is 36.8 Å². The molecule has 1 aliphatic heterocycles. The summed E-state index contributed by atoms with van der Waals surface area (Å²) in [5, 5.41) is 4.17. The minimum atomic E-state index is -0.188. The smallest absolute Gasteiger partial charge is 0.291 e. The largest absolute Gasteiger partial charge is 0.496 e. The average molecular weight is 451 g/mol. The number of aryl methyl sites for hydroxylation is 1. The number of nitrogens with zero attached hydrogens (tertiary/aromatic N) is 1. The summed E-state index contributed by atoms with van der Waals surface area (Å²) in [6.45, 7) is 2.11. The van der Waals surface area contributed by atoms with Crippen LogP contribution in [0.25, 0.3) is 0 Å². The van der Waals surface area contributed by atoms with E-state index in [1.807, 2.05) is 12.1 Å². The van der Waals surface area contributed by atoms with E-state index in [4.69, 9.17) is 9.15 Å². The predicted molar refractivity (Wildman–Crippen MR) is 128 cm³/mol. The molecule has 1 aliphatic carbocycles. The standard InChI is InChI=1S/C26H30N2O3S/c1-30-20-12-5-3-10-18(20)24(28-15-7-2-8-16-28)23-19-11-4-6-14-22(19)32-26(23)27-25(29)21-13-9-17-31-21/h3,5,9-10,12-13,17,24H,2,4,6-8,11,14-16H2,1H3,(H,27,29)/t24-/m1/s1. The van der Waals surface area contributed by atoms with Crippen LogP contribution in [0.5, 0.6) is 5.75 Å². The number of anilines is 1. The highest BCUT2D eigenvalue weighted by Gasteiger charge is 2.34. The van der Waals surface area contributed by atoms with Gasteiger partial charge in [-0.15, -0.1) is 11.3 Å². The monoisotopic (exact) mass is 450 g/mol. The van der Waals surface area contributed by atoms with Crippen LogP contribution in [0.1, 0.15) is 70.3 Å². The first-order valence-electron chi connectivity index (χ1n) is 11.6. The van der Waals surface area contributed by atoms with Crippen molar-refractivity contribution in [2.75, 3.05) is 25.5 Å². The highest BCUT2D eigenvalue weighted by molar-refractivity contribution is 7.16. The number of ether oxygens (including phenoxy) is 1. The van der Waals surface area contributed by atoms with E-state index >= 15 is 0 Å². The lowest BCUT2D eigenvalue weighted by Gasteiger charge is -2.36. The first-order chi connectivity index (χ1) is 15.8. The Morgan fingerprint density at radius 3 is 2.66 bits per heavy atom. The highest BCUT2D eigenvalue weighted by atomic mass is 32.1. The number of amides is 1. The van der Waals surface area contributed by atoms with E-state index in [0.717, 1.165) is 36.7 Å². The van der Waals surface area contributed by atoms with Crippen LogP contribution in [0.15, 0.2) is 47.1 Å². The first-order valence-corrected chi connectivity index (χ1v) is 12.4. The van der Waals surface area contributed by atoms with Crippen LogP contribution in [0.3, 0.4) is 0 Å². The van der Waals surface area contributed by atoms with E-state index in [-0.39, 0.29) is 11.9 Å². The molecule has 1 atom stereocenters. The number of furan rings is 1. The summed E-state index contributed by atoms with van der Waals surface area (Å²) in [4.78, 5) is 17.0.